The fourth-order valence-electron chi connectivity index (χ4n) is 4.26. The van der Waals surface area contributed by atoms with Gasteiger partial charge in [-0.15, -0.1) is 0 Å². The molecule has 3 saturated heterocycles. The van der Waals surface area contributed by atoms with Gasteiger partial charge in [-0.1, -0.05) is 6.92 Å². The van der Waals surface area contributed by atoms with Gasteiger partial charge in [0, 0.05) is 31.6 Å². The van der Waals surface area contributed by atoms with Gasteiger partial charge in [-0.2, -0.15) is 11.3 Å². The van der Waals surface area contributed by atoms with E-state index in [4.69, 9.17) is 4.74 Å². The van der Waals surface area contributed by atoms with Crippen molar-refractivity contribution in [3.05, 3.63) is 16.8 Å². The summed E-state index contributed by atoms with van der Waals surface area (Å²) in [5, 5.41) is 4.02. The molecule has 23 heavy (non-hydrogen) atoms. The number of carbonyl (C=O) groups is 2. The second-order valence-corrected chi connectivity index (χ2v) is 7.75. The van der Waals surface area contributed by atoms with Gasteiger partial charge in [0.05, 0.1) is 11.1 Å². The van der Waals surface area contributed by atoms with Crippen LogP contribution in [0.3, 0.4) is 0 Å². The highest BCUT2D eigenvalue weighted by Gasteiger charge is 2.56. The number of anilines is 1. The molecule has 0 bridgehead atoms. The van der Waals surface area contributed by atoms with Crippen LogP contribution in [0.5, 0.6) is 0 Å². The quantitative estimate of drug-likeness (QED) is 0.832. The minimum Gasteiger partial charge on any atom is -0.368 e. The molecule has 4 rings (SSSR count). The van der Waals surface area contributed by atoms with E-state index in [0.29, 0.717) is 19.7 Å². The van der Waals surface area contributed by atoms with Gasteiger partial charge in [0.15, 0.2) is 0 Å². The van der Waals surface area contributed by atoms with E-state index >= 15 is 0 Å². The number of carbonyl (C=O) groups excluding carboxylic acids is 2. The average molecular weight is 334 g/mol. The van der Waals surface area contributed by atoms with Crippen LogP contribution >= 0.6 is 11.3 Å². The molecule has 0 saturated carbocycles. The third-order valence-electron chi connectivity index (χ3n) is 5.70. The first kappa shape index (κ1) is 15.1. The largest absolute Gasteiger partial charge is 0.368 e. The van der Waals surface area contributed by atoms with Crippen molar-refractivity contribution in [3.8, 4) is 0 Å². The first-order valence-electron chi connectivity index (χ1n) is 8.36. The summed E-state index contributed by atoms with van der Waals surface area (Å²) < 4.78 is 5.54. The van der Waals surface area contributed by atoms with E-state index in [-0.39, 0.29) is 23.8 Å². The lowest BCUT2D eigenvalue weighted by molar-refractivity contribution is -0.140. The molecule has 3 aliphatic heterocycles. The Morgan fingerprint density at radius 1 is 1.48 bits per heavy atom. The summed E-state index contributed by atoms with van der Waals surface area (Å²) in [5.41, 5.74) is 0.587. The molecule has 2 amide bonds. The lowest BCUT2D eigenvalue weighted by Gasteiger charge is -2.26. The normalized spacial score (nSPS) is 34.0. The van der Waals surface area contributed by atoms with Crippen LogP contribution in [0.4, 0.5) is 5.69 Å². The van der Waals surface area contributed by atoms with E-state index < -0.39 is 5.41 Å². The molecule has 4 heterocycles. The number of hydrogen-bond donors (Lipinski definition) is 0. The maximum absolute atomic E-state index is 13.1. The molecular formula is C17H22N2O3S. The van der Waals surface area contributed by atoms with E-state index in [1.54, 1.807) is 11.3 Å². The van der Waals surface area contributed by atoms with Crippen LogP contribution < -0.4 is 4.90 Å². The summed E-state index contributed by atoms with van der Waals surface area (Å²) in [4.78, 5) is 29.5. The van der Waals surface area contributed by atoms with Crippen LogP contribution in [0, 0.1) is 11.3 Å². The maximum Gasteiger partial charge on any atom is 0.251 e. The zero-order chi connectivity index (χ0) is 16.0. The van der Waals surface area contributed by atoms with Crippen molar-refractivity contribution in [1.29, 1.82) is 0 Å². The highest BCUT2D eigenvalue weighted by Crippen LogP contribution is 2.46. The lowest BCUT2D eigenvalue weighted by atomic mass is 9.78. The van der Waals surface area contributed by atoms with Gasteiger partial charge in [0.2, 0.25) is 5.91 Å². The summed E-state index contributed by atoms with van der Waals surface area (Å²) in [6.45, 7) is 4.75. The highest BCUT2D eigenvalue weighted by molar-refractivity contribution is 7.08. The molecule has 124 valence electrons. The Balaban J connectivity index is 1.53. The summed E-state index contributed by atoms with van der Waals surface area (Å²) >= 11 is 1.61. The molecule has 0 aromatic carbocycles. The second-order valence-electron chi connectivity index (χ2n) is 6.97. The average Bonchev–Trinajstić information content (AvgIpc) is 3.31. The number of hydrogen-bond acceptors (Lipinski definition) is 4. The fourth-order valence-corrected chi connectivity index (χ4v) is 4.90. The SMILES string of the molecule is C[C@@H]1CN(C(=O)[C@H]2CCCO2)C[C@]12CCN(c1ccsc1)C2=O. The number of rotatable bonds is 2. The fraction of sp³-hybridized carbons (Fsp3) is 0.647. The smallest absolute Gasteiger partial charge is 0.251 e. The van der Waals surface area contributed by atoms with Gasteiger partial charge in [0.1, 0.15) is 6.10 Å². The Hall–Kier alpha value is -1.40. The van der Waals surface area contributed by atoms with Crippen LogP contribution in [-0.4, -0.2) is 49.1 Å². The molecule has 0 unspecified atom stereocenters. The standard InChI is InChI=1S/C17H22N2O3S/c1-12-9-18(15(20)14-3-2-7-22-14)11-17(12)5-6-19(16(17)21)13-4-8-23-10-13/h4,8,10,12,14H,2-3,5-7,9,11H2,1H3/t12-,14-,17-/m1/s1. The minimum absolute atomic E-state index is 0.0769. The van der Waals surface area contributed by atoms with Crippen molar-refractivity contribution >= 4 is 28.8 Å². The third kappa shape index (κ3) is 2.31. The number of ether oxygens (including phenoxy) is 1. The van der Waals surface area contributed by atoms with Crippen molar-refractivity contribution in [2.24, 2.45) is 11.3 Å². The number of amides is 2. The summed E-state index contributed by atoms with van der Waals surface area (Å²) in [5.74, 6) is 0.461. The van der Waals surface area contributed by atoms with Crippen LogP contribution in [0.15, 0.2) is 16.8 Å². The van der Waals surface area contributed by atoms with Gasteiger partial charge < -0.3 is 14.5 Å². The van der Waals surface area contributed by atoms with Gasteiger partial charge >= 0.3 is 0 Å². The Bertz CT molecular complexity index is 611. The van der Waals surface area contributed by atoms with Gasteiger partial charge in [0.25, 0.3) is 5.91 Å². The van der Waals surface area contributed by atoms with Gasteiger partial charge in [-0.05, 0) is 36.6 Å². The monoisotopic (exact) mass is 334 g/mol. The van der Waals surface area contributed by atoms with Crippen LogP contribution in [0.25, 0.3) is 0 Å². The topological polar surface area (TPSA) is 49.9 Å². The molecule has 5 nitrogen and oxygen atoms in total. The van der Waals surface area contributed by atoms with E-state index in [1.807, 2.05) is 26.6 Å². The molecule has 1 aromatic rings. The number of likely N-dealkylation sites (tertiary alicyclic amines) is 1. The Labute approximate surface area is 140 Å². The van der Waals surface area contributed by atoms with E-state index in [0.717, 1.165) is 31.5 Å². The molecule has 6 heteroatoms. The first-order chi connectivity index (χ1) is 11.1. The van der Waals surface area contributed by atoms with Crippen molar-refractivity contribution in [3.63, 3.8) is 0 Å². The Morgan fingerprint density at radius 2 is 2.35 bits per heavy atom. The number of nitrogens with zero attached hydrogens (tertiary/aromatic N) is 2. The molecule has 3 aliphatic rings. The molecule has 1 spiro atoms. The number of thiophene rings is 1. The first-order valence-corrected chi connectivity index (χ1v) is 9.31. The molecule has 3 fully saturated rings. The van der Waals surface area contributed by atoms with Crippen molar-refractivity contribution < 1.29 is 14.3 Å². The van der Waals surface area contributed by atoms with Gasteiger partial charge in [-0.25, -0.2) is 0 Å². The van der Waals surface area contributed by atoms with Gasteiger partial charge in [-0.3, -0.25) is 9.59 Å². The molecular weight excluding hydrogens is 312 g/mol. The minimum atomic E-state index is -0.407. The van der Waals surface area contributed by atoms with Crippen molar-refractivity contribution in [2.75, 3.05) is 31.1 Å². The highest BCUT2D eigenvalue weighted by atomic mass is 32.1. The lowest BCUT2D eigenvalue weighted by Crippen LogP contribution is -2.42. The maximum atomic E-state index is 13.1. The van der Waals surface area contributed by atoms with Crippen LogP contribution in [0.2, 0.25) is 0 Å². The predicted molar refractivity (Wildman–Crippen MR) is 88.4 cm³/mol. The molecule has 0 radical (unpaired) electrons. The molecule has 1 aromatic heterocycles. The summed E-state index contributed by atoms with van der Waals surface area (Å²) in [7, 11) is 0. The van der Waals surface area contributed by atoms with E-state index in [1.165, 1.54) is 0 Å². The van der Waals surface area contributed by atoms with Crippen LogP contribution in [-0.2, 0) is 14.3 Å². The second kappa shape index (κ2) is 5.60. The zero-order valence-corrected chi connectivity index (χ0v) is 14.2. The molecule has 3 atom stereocenters. The zero-order valence-electron chi connectivity index (χ0n) is 13.4. The van der Waals surface area contributed by atoms with Crippen LogP contribution in [0.1, 0.15) is 26.2 Å². The Kier molecular flexibility index (Phi) is 3.69. The summed E-state index contributed by atoms with van der Waals surface area (Å²) in [6, 6.07) is 2.00. The van der Waals surface area contributed by atoms with E-state index in [9.17, 15) is 9.59 Å². The molecule has 0 aliphatic carbocycles. The predicted octanol–water partition coefficient (Wildman–Crippen LogP) is 2.13. The van der Waals surface area contributed by atoms with Crippen molar-refractivity contribution in [1.82, 2.24) is 4.90 Å². The van der Waals surface area contributed by atoms with Crippen molar-refractivity contribution in [2.45, 2.75) is 32.3 Å². The Morgan fingerprint density at radius 3 is 3.04 bits per heavy atom. The molecule has 0 N–H and O–H groups in total. The van der Waals surface area contributed by atoms with E-state index in [2.05, 4.69) is 6.92 Å². The summed E-state index contributed by atoms with van der Waals surface area (Å²) in [6.07, 6.45) is 2.31. The third-order valence-corrected chi connectivity index (χ3v) is 6.37.